The summed E-state index contributed by atoms with van der Waals surface area (Å²) in [4.78, 5) is 14.5. The number of sulfonamides is 1. The molecule has 3 rings (SSSR count). The normalized spacial score (nSPS) is 11.1. The number of carbonyl (C=O) groups is 1. The van der Waals surface area contributed by atoms with Crippen LogP contribution in [0.15, 0.2) is 77.7 Å². The number of nitrogens with zero attached hydrogens (tertiary/aromatic N) is 1. The maximum absolute atomic E-state index is 12.9. The molecule has 0 spiro atoms. The topological polar surface area (TPSA) is 75.7 Å². The van der Waals surface area contributed by atoms with Crippen LogP contribution < -0.4 is 9.46 Å². The van der Waals surface area contributed by atoms with Crippen molar-refractivity contribution in [3.63, 3.8) is 0 Å². The van der Waals surface area contributed by atoms with E-state index in [2.05, 4.69) is 4.72 Å². The summed E-state index contributed by atoms with van der Waals surface area (Å²) >= 11 is 0. The molecule has 0 aliphatic carbocycles. The predicted octanol–water partition coefficient (Wildman–Crippen LogP) is 4.26. The fraction of sp³-hybridized carbons (Fsp3) is 0.208. The Morgan fingerprint density at radius 3 is 2.32 bits per heavy atom. The number of hydrogen-bond acceptors (Lipinski definition) is 4. The lowest BCUT2D eigenvalue weighted by Crippen LogP contribution is -2.31. The zero-order chi connectivity index (χ0) is 22.4. The third-order valence-electron chi connectivity index (χ3n) is 4.84. The van der Waals surface area contributed by atoms with Crippen LogP contribution >= 0.6 is 0 Å². The number of aryl methyl sites for hydroxylation is 2. The highest BCUT2D eigenvalue weighted by Gasteiger charge is 2.20. The molecule has 3 aromatic carbocycles. The second-order valence-electron chi connectivity index (χ2n) is 7.34. The highest BCUT2D eigenvalue weighted by molar-refractivity contribution is 7.92. The molecule has 0 radical (unpaired) electrons. The average molecular weight is 439 g/mol. The van der Waals surface area contributed by atoms with Crippen LogP contribution in [-0.2, 0) is 10.0 Å². The molecule has 7 heteroatoms. The van der Waals surface area contributed by atoms with Gasteiger partial charge in [-0.3, -0.25) is 9.52 Å². The summed E-state index contributed by atoms with van der Waals surface area (Å²) in [5.74, 6) is 0.469. The van der Waals surface area contributed by atoms with Gasteiger partial charge in [0, 0.05) is 18.3 Å². The van der Waals surface area contributed by atoms with Crippen LogP contribution in [0.25, 0.3) is 0 Å². The van der Waals surface area contributed by atoms with Gasteiger partial charge in [0.25, 0.3) is 15.9 Å². The third kappa shape index (κ3) is 5.86. The Labute approximate surface area is 183 Å². The smallest absolute Gasteiger partial charge is 0.261 e. The van der Waals surface area contributed by atoms with E-state index in [0.29, 0.717) is 30.0 Å². The Morgan fingerprint density at radius 1 is 0.968 bits per heavy atom. The number of likely N-dealkylation sites (N-methyl/N-ethyl adjacent to an activating group) is 1. The standard InChI is InChI=1S/C24H26N2O4S/c1-18-9-12-20(13-10-18)25-31(28,29)22-14-11-19(2)23(17-22)24(27)26(3)15-16-30-21-7-5-4-6-8-21/h4-14,17,25H,15-16H2,1-3H3. The van der Waals surface area contributed by atoms with Crippen LogP contribution in [0.4, 0.5) is 5.69 Å². The number of carbonyl (C=O) groups excluding carboxylic acids is 1. The molecular formula is C24H26N2O4S. The maximum atomic E-state index is 12.9. The van der Waals surface area contributed by atoms with Gasteiger partial charge in [-0.1, -0.05) is 42.0 Å². The van der Waals surface area contributed by atoms with Crippen molar-refractivity contribution in [3.8, 4) is 5.75 Å². The lowest BCUT2D eigenvalue weighted by atomic mass is 10.1. The SMILES string of the molecule is Cc1ccc(NS(=O)(=O)c2ccc(C)c(C(=O)N(C)CCOc3ccccc3)c2)cc1. The van der Waals surface area contributed by atoms with Crippen molar-refractivity contribution in [1.29, 1.82) is 0 Å². The highest BCUT2D eigenvalue weighted by atomic mass is 32.2. The minimum Gasteiger partial charge on any atom is -0.492 e. The molecule has 0 fully saturated rings. The molecule has 0 heterocycles. The molecule has 6 nitrogen and oxygen atoms in total. The molecule has 0 aliphatic rings. The van der Waals surface area contributed by atoms with E-state index in [9.17, 15) is 13.2 Å². The van der Waals surface area contributed by atoms with Crippen molar-refractivity contribution in [2.75, 3.05) is 24.9 Å². The molecule has 162 valence electrons. The number of anilines is 1. The molecule has 0 atom stereocenters. The largest absolute Gasteiger partial charge is 0.492 e. The van der Waals surface area contributed by atoms with E-state index >= 15 is 0 Å². The van der Waals surface area contributed by atoms with Gasteiger partial charge in [-0.15, -0.1) is 0 Å². The molecule has 0 saturated carbocycles. The van der Waals surface area contributed by atoms with E-state index in [1.807, 2.05) is 49.4 Å². The van der Waals surface area contributed by atoms with E-state index in [1.54, 1.807) is 32.2 Å². The van der Waals surface area contributed by atoms with Crippen molar-refractivity contribution >= 4 is 21.6 Å². The summed E-state index contributed by atoms with van der Waals surface area (Å²) < 4.78 is 33.8. The third-order valence-corrected chi connectivity index (χ3v) is 6.22. The van der Waals surface area contributed by atoms with Crippen LogP contribution in [0, 0.1) is 13.8 Å². The van der Waals surface area contributed by atoms with Gasteiger partial charge in [0.1, 0.15) is 12.4 Å². The number of ether oxygens (including phenoxy) is 1. The zero-order valence-electron chi connectivity index (χ0n) is 17.8. The average Bonchev–Trinajstić information content (AvgIpc) is 2.75. The van der Waals surface area contributed by atoms with E-state index in [-0.39, 0.29) is 10.8 Å². The van der Waals surface area contributed by atoms with E-state index < -0.39 is 10.0 Å². The molecule has 0 unspecified atom stereocenters. The van der Waals surface area contributed by atoms with Gasteiger partial charge in [-0.05, 0) is 55.8 Å². The van der Waals surface area contributed by atoms with Gasteiger partial charge in [-0.25, -0.2) is 8.42 Å². The van der Waals surface area contributed by atoms with Crippen molar-refractivity contribution in [2.24, 2.45) is 0 Å². The quantitative estimate of drug-likeness (QED) is 0.570. The second kappa shape index (κ2) is 9.66. The maximum Gasteiger partial charge on any atom is 0.261 e. The predicted molar refractivity (Wildman–Crippen MR) is 122 cm³/mol. The Morgan fingerprint density at radius 2 is 1.65 bits per heavy atom. The molecule has 31 heavy (non-hydrogen) atoms. The zero-order valence-corrected chi connectivity index (χ0v) is 18.6. The molecule has 1 amide bonds. The van der Waals surface area contributed by atoms with Gasteiger partial charge in [0.15, 0.2) is 0 Å². The summed E-state index contributed by atoms with van der Waals surface area (Å²) in [6, 6.07) is 21.0. The highest BCUT2D eigenvalue weighted by Crippen LogP contribution is 2.21. The van der Waals surface area contributed by atoms with E-state index in [4.69, 9.17) is 4.74 Å². The number of para-hydroxylation sites is 1. The van der Waals surface area contributed by atoms with Crippen molar-refractivity contribution in [3.05, 3.63) is 89.5 Å². The van der Waals surface area contributed by atoms with Crippen molar-refractivity contribution < 1.29 is 17.9 Å². The van der Waals surface area contributed by atoms with Crippen LogP contribution in [-0.4, -0.2) is 39.4 Å². The summed E-state index contributed by atoms with van der Waals surface area (Å²) in [6.45, 7) is 4.41. The van der Waals surface area contributed by atoms with Gasteiger partial charge in [0.05, 0.1) is 11.4 Å². The molecule has 1 N–H and O–H groups in total. The first-order valence-electron chi connectivity index (χ1n) is 9.90. The summed E-state index contributed by atoms with van der Waals surface area (Å²) in [5, 5.41) is 0. The lowest BCUT2D eigenvalue weighted by Gasteiger charge is -2.19. The van der Waals surface area contributed by atoms with Crippen molar-refractivity contribution in [2.45, 2.75) is 18.7 Å². The van der Waals surface area contributed by atoms with Gasteiger partial charge in [-0.2, -0.15) is 0 Å². The Hall–Kier alpha value is -3.32. The van der Waals surface area contributed by atoms with Crippen molar-refractivity contribution in [1.82, 2.24) is 4.90 Å². The molecular weight excluding hydrogens is 412 g/mol. The van der Waals surface area contributed by atoms with Crippen LogP contribution in [0.3, 0.4) is 0 Å². The van der Waals surface area contributed by atoms with Crippen LogP contribution in [0.1, 0.15) is 21.5 Å². The second-order valence-corrected chi connectivity index (χ2v) is 9.02. The van der Waals surface area contributed by atoms with Crippen LogP contribution in [0.5, 0.6) is 5.75 Å². The first kappa shape index (κ1) is 22.4. The number of hydrogen-bond donors (Lipinski definition) is 1. The summed E-state index contributed by atoms with van der Waals surface area (Å²) in [5.41, 5.74) is 2.55. The molecule has 0 aliphatic heterocycles. The molecule has 0 saturated heterocycles. The number of rotatable bonds is 8. The summed E-state index contributed by atoms with van der Waals surface area (Å²) in [7, 11) is -2.15. The van der Waals surface area contributed by atoms with Crippen LogP contribution in [0.2, 0.25) is 0 Å². The fourth-order valence-corrected chi connectivity index (χ4v) is 4.04. The Bertz CT molecular complexity index is 1140. The number of nitrogens with one attached hydrogen (secondary N) is 1. The number of amides is 1. The van der Waals surface area contributed by atoms with Gasteiger partial charge >= 0.3 is 0 Å². The molecule has 0 bridgehead atoms. The number of benzene rings is 3. The minimum atomic E-state index is -3.82. The van der Waals surface area contributed by atoms with Gasteiger partial charge in [0.2, 0.25) is 0 Å². The molecule has 0 aromatic heterocycles. The van der Waals surface area contributed by atoms with E-state index in [1.165, 1.54) is 17.0 Å². The Kier molecular flexibility index (Phi) is 6.97. The first-order valence-corrected chi connectivity index (χ1v) is 11.4. The van der Waals surface area contributed by atoms with Gasteiger partial charge < -0.3 is 9.64 Å². The lowest BCUT2D eigenvalue weighted by molar-refractivity contribution is 0.0773. The summed E-state index contributed by atoms with van der Waals surface area (Å²) in [6.07, 6.45) is 0. The Balaban J connectivity index is 1.71. The van der Waals surface area contributed by atoms with E-state index in [0.717, 1.165) is 11.3 Å². The first-order chi connectivity index (χ1) is 14.8. The fourth-order valence-electron chi connectivity index (χ4n) is 2.96. The molecule has 3 aromatic rings. The monoisotopic (exact) mass is 438 g/mol. The minimum absolute atomic E-state index is 0.0379.